The molecule has 3 aromatic carbocycles. The Morgan fingerprint density at radius 1 is 1.00 bits per heavy atom. The van der Waals surface area contributed by atoms with E-state index in [-0.39, 0.29) is 11.5 Å². The Balaban J connectivity index is 1.23. The normalized spacial score (nSPS) is 22.5. The number of likely N-dealkylation sites (tertiary alicyclic amines) is 1. The van der Waals surface area contributed by atoms with Crippen molar-refractivity contribution in [2.45, 2.75) is 76.4 Å². The van der Waals surface area contributed by atoms with E-state index in [0.717, 1.165) is 61.8 Å². The highest BCUT2D eigenvalue weighted by molar-refractivity contribution is 6.35. The van der Waals surface area contributed by atoms with Gasteiger partial charge in [-0.2, -0.15) is 9.97 Å². The number of nitrogens with one attached hydrogen (secondary N) is 1. The van der Waals surface area contributed by atoms with Gasteiger partial charge in [-0.1, -0.05) is 73.8 Å². The Morgan fingerprint density at radius 2 is 1.81 bits per heavy atom. The van der Waals surface area contributed by atoms with Crippen LogP contribution in [-0.2, 0) is 0 Å². The molecule has 6 nitrogen and oxygen atoms in total. The molecule has 2 bridgehead atoms. The van der Waals surface area contributed by atoms with E-state index in [1.807, 2.05) is 48.5 Å². The molecule has 3 unspecified atom stereocenters. The molecule has 4 aromatic rings. The SMILES string of the molecule is CCCC1CCCCN1CCCOc1nc(N2CC3CCC(C2)N3)c2cc(Cl)c(-c3cccc4ccccc34)c(F)c2n1. The van der Waals surface area contributed by atoms with Gasteiger partial charge in [-0.25, -0.2) is 4.39 Å². The Kier molecular flexibility index (Phi) is 8.39. The number of fused-ring (bicyclic) bond motifs is 4. The first-order valence-corrected chi connectivity index (χ1v) is 16.5. The second-order valence-electron chi connectivity index (χ2n) is 12.5. The van der Waals surface area contributed by atoms with E-state index in [2.05, 4.69) is 22.0 Å². The van der Waals surface area contributed by atoms with Gasteiger partial charge < -0.3 is 19.9 Å². The third-order valence-corrected chi connectivity index (χ3v) is 9.91. The predicted molar refractivity (Wildman–Crippen MR) is 174 cm³/mol. The molecule has 4 heterocycles. The molecule has 1 N–H and O–H groups in total. The molecule has 3 fully saturated rings. The molecular weight excluding hydrogens is 561 g/mol. The molecule has 0 spiro atoms. The predicted octanol–water partition coefficient (Wildman–Crippen LogP) is 7.61. The van der Waals surface area contributed by atoms with Gasteiger partial charge in [0.2, 0.25) is 0 Å². The molecule has 0 radical (unpaired) electrons. The Bertz CT molecular complexity index is 1600. The number of nitrogens with zero attached hydrogens (tertiary/aromatic N) is 4. The van der Waals surface area contributed by atoms with Crippen molar-refractivity contribution >= 4 is 39.1 Å². The maximum atomic E-state index is 16.7. The average Bonchev–Trinajstić information content (AvgIpc) is 3.37. The van der Waals surface area contributed by atoms with Gasteiger partial charge in [0.25, 0.3) is 0 Å². The zero-order valence-electron chi connectivity index (χ0n) is 25.0. The summed E-state index contributed by atoms with van der Waals surface area (Å²) in [6.45, 7) is 6.57. The maximum absolute atomic E-state index is 16.7. The first-order chi connectivity index (χ1) is 21.1. The molecule has 3 saturated heterocycles. The van der Waals surface area contributed by atoms with E-state index in [4.69, 9.17) is 26.3 Å². The zero-order chi connectivity index (χ0) is 29.3. The standard InChI is InChI=1S/C35H41ClFN5O/c1-2-9-26-12-5-6-17-41(26)18-8-19-43-35-39-33-29(34(40-35)42-21-24-15-16-25(22-42)38-24)20-30(36)31(32(33)37)28-14-7-11-23-10-3-4-13-27(23)28/h3-4,7,10-11,13-14,20,24-26,38H,2,5-6,8-9,12,15-19,21-22H2,1H3. The summed E-state index contributed by atoms with van der Waals surface area (Å²) in [4.78, 5) is 14.5. The largest absolute Gasteiger partial charge is 0.463 e. The van der Waals surface area contributed by atoms with E-state index in [9.17, 15) is 0 Å². The molecule has 3 atom stereocenters. The van der Waals surface area contributed by atoms with Gasteiger partial charge in [-0.3, -0.25) is 0 Å². The summed E-state index contributed by atoms with van der Waals surface area (Å²) in [5.74, 6) is 0.281. The van der Waals surface area contributed by atoms with E-state index < -0.39 is 5.82 Å². The van der Waals surface area contributed by atoms with Crippen molar-refractivity contribution in [1.29, 1.82) is 0 Å². The summed E-state index contributed by atoms with van der Waals surface area (Å²) >= 11 is 6.91. The fourth-order valence-corrected chi connectivity index (χ4v) is 7.87. The minimum Gasteiger partial charge on any atom is -0.463 e. The molecule has 0 amide bonds. The lowest BCUT2D eigenvalue weighted by Gasteiger charge is -2.35. The van der Waals surface area contributed by atoms with Gasteiger partial charge in [0.1, 0.15) is 11.3 Å². The third-order valence-electron chi connectivity index (χ3n) is 9.61. The van der Waals surface area contributed by atoms with Crippen molar-refractivity contribution in [3.05, 3.63) is 59.4 Å². The summed E-state index contributed by atoms with van der Waals surface area (Å²) in [6, 6.07) is 17.5. The van der Waals surface area contributed by atoms with Gasteiger partial charge in [-0.05, 0) is 67.5 Å². The highest BCUT2D eigenvalue weighted by Crippen LogP contribution is 2.41. The van der Waals surface area contributed by atoms with Crippen LogP contribution in [0.3, 0.4) is 0 Å². The van der Waals surface area contributed by atoms with Crippen LogP contribution in [0.4, 0.5) is 10.2 Å². The number of benzene rings is 3. The summed E-state index contributed by atoms with van der Waals surface area (Å²) in [5, 5.41) is 6.67. The lowest BCUT2D eigenvalue weighted by Crippen LogP contribution is -2.51. The van der Waals surface area contributed by atoms with Crippen molar-refractivity contribution in [2.75, 3.05) is 37.7 Å². The summed E-state index contributed by atoms with van der Waals surface area (Å²) in [7, 11) is 0. The number of hydrogen-bond acceptors (Lipinski definition) is 6. The molecule has 1 aromatic heterocycles. The summed E-state index contributed by atoms with van der Waals surface area (Å²) in [5.41, 5.74) is 1.39. The molecule has 0 saturated carbocycles. The van der Waals surface area contributed by atoms with Gasteiger partial charge in [0.05, 0.1) is 11.6 Å². The lowest BCUT2D eigenvalue weighted by atomic mass is 9.96. The molecule has 226 valence electrons. The fourth-order valence-electron chi connectivity index (χ4n) is 7.57. The number of rotatable bonds is 9. The number of anilines is 1. The number of piperazine rings is 1. The van der Waals surface area contributed by atoms with Crippen LogP contribution in [-0.4, -0.2) is 65.8 Å². The van der Waals surface area contributed by atoms with Crippen LogP contribution < -0.4 is 15.0 Å². The molecule has 8 heteroatoms. The Labute approximate surface area is 258 Å². The number of aromatic nitrogens is 2. The number of hydrogen-bond donors (Lipinski definition) is 1. The van der Waals surface area contributed by atoms with Crippen molar-refractivity contribution in [3.63, 3.8) is 0 Å². The van der Waals surface area contributed by atoms with Gasteiger partial charge in [0, 0.05) is 48.7 Å². The van der Waals surface area contributed by atoms with E-state index in [0.29, 0.717) is 46.5 Å². The third kappa shape index (κ3) is 5.79. The number of halogens is 2. The molecular formula is C35H41ClFN5O. The average molecular weight is 602 g/mol. The highest BCUT2D eigenvalue weighted by atomic mass is 35.5. The quantitative estimate of drug-likeness (QED) is 0.199. The molecule has 43 heavy (non-hydrogen) atoms. The number of piperidine rings is 1. The Hall–Kier alpha value is -3.00. The van der Waals surface area contributed by atoms with Crippen LogP contribution in [0.1, 0.15) is 58.3 Å². The maximum Gasteiger partial charge on any atom is 0.319 e. The van der Waals surface area contributed by atoms with Crippen LogP contribution in [0.5, 0.6) is 6.01 Å². The smallest absolute Gasteiger partial charge is 0.319 e. The van der Waals surface area contributed by atoms with Crippen molar-refractivity contribution in [1.82, 2.24) is 20.2 Å². The first kappa shape index (κ1) is 28.8. The van der Waals surface area contributed by atoms with Crippen LogP contribution in [0.15, 0.2) is 48.5 Å². The van der Waals surface area contributed by atoms with Crippen LogP contribution >= 0.6 is 11.6 Å². The second-order valence-corrected chi connectivity index (χ2v) is 12.9. The van der Waals surface area contributed by atoms with E-state index in [1.165, 1.54) is 32.1 Å². The van der Waals surface area contributed by atoms with Crippen LogP contribution in [0.2, 0.25) is 5.02 Å². The lowest BCUT2D eigenvalue weighted by molar-refractivity contribution is 0.128. The fraction of sp³-hybridized carbons (Fsp3) is 0.486. The van der Waals surface area contributed by atoms with E-state index in [1.54, 1.807) is 0 Å². The molecule has 3 aliphatic heterocycles. The van der Waals surface area contributed by atoms with E-state index >= 15 is 4.39 Å². The van der Waals surface area contributed by atoms with Crippen molar-refractivity contribution in [3.8, 4) is 17.1 Å². The van der Waals surface area contributed by atoms with Gasteiger partial charge >= 0.3 is 6.01 Å². The monoisotopic (exact) mass is 601 g/mol. The minimum atomic E-state index is -0.429. The molecule has 7 rings (SSSR count). The minimum absolute atomic E-state index is 0.238. The zero-order valence-corrected chi connectivity index (χ0v) is 25.8. The second kappa shape index (κ2) is 12.5. The molecule has 0 aliphatic carbocycles. The van der Waals surface area contributed by atoms with Gasteiger partial charge in [0.15, 0.2) is 5.82 Å². The summed E-state index contributed by atoms with van der Waals surface area (Å²) in [6.07, 6.45) is 9.54. The topological polar surface area (TPSA) is 53.5 Å². The number of ether oxygens (including phenoxy) is 1. The van der Waals surface area contributed by atoms with Crippen LogP contribution in [0.25, 0.3) is 32.8 Å². The summed E-state index contributed by atoms with van der Waals surface area (Å²) < 4.78 is 22.9. The van der Waals surface area contributed by atoms with Crippen molar-refractivity contribution in [2.24, 2.45) is 0 Å². The van der Waals surface area contributed by atoms with Gasteiger partial charge in [-0.15, -0.1) is 0 Å². The van der Waals surface area contributed by atoms with Crippen LogP contribution in [0, 0.1) is 5.82 Å². The Morgan fingerprint density at radius 3 is 2.65 bits per heavy atom. The highest BCUT2D eigenvalue weighted by Gasteiger charge is 2.34. The molecule has 3 aliphatic rings. The first-order valence-electron chi connectivity index (χ1n) is 16.1. The van der Waals surface area contributed by atoms with Crippen molar-refractivity contribution < 1.29 is 9.13 Å².